The van der Waals surface area contributed by atoms with Crippen LogP contribution in [0.1, 0.15) is 56.3 Å². The predicted octanol–water partition coefficient (Wildman–Crippen LogP) is 6.87. The number of rotatable bonds is 7. The van der Waals surface area contributed by atoms with Gasteiger partial charge in [0, 0.05) is 17.4 Å². The number of carbonyl (C=O) groups excluding carboxylic acids is 1. The molecule has 2 saturated carbocycles. The van der Waals surface area contributed by atoms with Gasteiger partial charge in [0.25, 0.3) is 0 Å². The van der Waals surface area contributed by atoms with E-state index in [1.165, 1.54) is 12.3 Å². The summed E-state index contributed by atoms with van der Waals surface area (Å²) in [5.41, 5.74) is 0.359. The molecule has 4 aromatic rings. The third-order valence-corrected chi connectivity index (χ3v) is 7.84. The molecule has 3 aromatic carbocycles. The molecule has 2 fully saturated rings. The first kappa shape index (κ1) is 17.1. The number of carboxylic acids is 1. The Kier molecular flexibility index (Phi) is 4.22. The van der Waals surface area contributed by atoms with E-state index in [9.17, 15) is 14.7 Å². The van der Waals surface area contributed by atoms with E-state index >= 15 is 0 Å². The van der Waals surface area contributed by atoms with E-state index in [2.05, 4.69) is 5.10 Å². The van der Waals surface area contributed by atoms with E-state index < -0.39 is 30.1 Å². The maximum absolute atomic E-state index is 13.6. The summed E-state index contributed by atoms with van der Waals surface area (Å²) in [7, 11) is 0. The van der Waals surface area contributed by atoms with Gasteiger partial charge < -0.3 is 5.11 Å². The second kappa shape index (κ2) is 8.90. The molecule has 5 nitrogen and oxygen atoms in total. The summed E-state index contributed by atoms with van der Waals surface area (Å²) in [5.74, 6) is -1.23. The van der Waals surface area contributed by atoms with E-state index in [4.69, 9.17) is 19.8 Å². The Labute approximate surface area is 223 Å². The first-order chi connectivity index (χ1) is 19.8. The molecule has 0 radical (unpaired) electrons. The Bertz CT molecular complexity index is 1730. The molecule has 0 bridgehead atoms. The van der Waals surface area contributed by atoms with Gasteiger partial charge in [-0.1, -0.05) is 66.1 Å². The van der Waals surface area contributed by atoms with Crippen LogP contribution in [-0.4, -0.2) is 26.6 Å². The maximum Gasteiger partial charge on any atom is 0.306 e. The number of hydrogen-bond acceptors (Lipinski definition) is 3. The lowest BCUT2D eigenvalue weighted by Gasteiger charge is -2.56. The molecule has 0 saturated heterocycles. The van der Waals surface area contributed by atoms with Crippen LogP contribution in [0.3, 0.4) is 0 Å². The van der Waals surface area contributed by atoms with Crippen LogP contribution in [0.15, 0.2) is 72.8 Å². The number of hydrogen-bond donors (Lipinski definition) is 1. The quantitative estimate of drug-likeness (QED) is 0.279. The Balaban J connectivity index is 1.37. The number of Topliss-reactive ketones (excluding diaryl/α,β-unsaturated/α-hetero) is 1. The van der Waals surface area contributed by atoms with Crippen LogP contribution < -0.4 is 0 Å². The summed E-state index contributed by atoms with van der Waals surface area (Å²) >= 11 is 6.42. The third kappa shape index (κ3) is 4.11. The van der Waals surface area contributed by atoms with Gasteiger partial charge in [0.1, 0.15) is 0 Å². The highest BCUT2D eigenvalue weighted by Gasteiger charge is 2.54. The Morgan fingerprint density at radius 3 is 2.47 bits per heavy atom. The van der Waals surface area contributed by atoms with Crippen LogP contribution in [-0.2, 0) is 11.3 Å². The van der Waals surface area contributed by atoms with Crippen molar-refractivity contribution >= 4 is 34.3 Å². The van der Waals surface area contributed by atoms with Crippen LogP contribution in [0.2, 0.25) is 5.02 Å². The number of nitrogens with zero attached hydrogens (tertiary/aromatic N) is 2. The third-order valence-electron chi connectivity index (χ3n) is 7.51. The minimum absolute atomic E-state index is 0.00546. The molecule has 0 aliphatic heterocycles. The minimum Gasteiger partial charge on any atom is -0.481 e. The fourth-order valence-electron chi connectivity index (χ4n) is 5.82. The van der Waals surface area contributed by atoms with Crippen LogP contribution in [0, 0.1) is 17.3 Å². The molecule has 2 aliphatic rings. The average Bonchev–Trinajstić information content (AvgIpc) is 3.36. The number of benzene rings is 3. The molecule has 1 heterocycles. The molecule has 182 valence electrons. The normalized spacial score (nSPS) is 25.6. The zero-order valence-electron chi connectivity index (χ0n) is 25.3. The molecule has 1 aromatic heterocycles. The zero-order valence-corrected chi connectivity index (χ0v) is 20.1. The van der Waals surface area contributed by atoms with Crippen molar-refractivity contribution in [1.82, 2.24) is 9.78 Å². The predicted molar refractivity (Wildman–Crippen MR) is 140 cm³/mol. The van der Waals surface area contributed by atoms with Crippen LogP contribution in [0.4, 0.5) is 0 Å². The van der Waals surface area contributed by atoms with Gasteiger partial charge >= 0.3 is 5.97 Å². The van der Waals surface area contributed by atoms with Crippen molar-refractivity contribution in [3.05, 3.63) is 89.0 Å². The number of carboxylic acid groups (broad SMARTS) is 1. The molecule has 1 N–H and O–H groups in total. The standard InChI is InChI=1S/C30H27ClN2O3/c31-26-11-10-24(27(34)12-20-13-30(14-20)15-23(16-30)29(35)36)28-25(26)17-32-33(28)18-19-6-8-22(9-7-19)21-4-2-1-3-5-21/h1-11,17,20,23H,12-16,18H2,(H,35,36)/i6D,7D,8D,9D,18D2. The van der Waals surface area contributed by atoms with Crippen molar-refractivity contribution < 1.29 is 22.9 Å². The number of aliphatic carboxylic acids is 1. The fourth-order valence-corrected chi connectivity index (χ4v) is 6.02. The van der Waals surface area contributed by atoms with Crippen molar-refractivity contribution in [2.45, 2.75) is 38.6 Å². The van der Waals surface area contributed by atoms with Crippen LogP contribution in [0.25, 0.3) is 22.0 Å². The fraction of sp³-hybridized carbons (Fsp3) is 0.300. The van der Waals surface area contributed by atoms with E-state index in [0.29, 0.717) is 23.8 Å². The first-order valence-electron chi connectivity index (χ1n) is 14.9. The molecule has 1 spiro atoms. The SMILES string of the molecule is [2H]c1c([2H])c(C([2H])([2H])n2ncc3c(Cl)ccc(C(=O)CC4CC5(C4)CC(C(=O)O)C5)c32)c([2H])c([2H])c1-c1ccccc1. The lowest BCUT2D eigenvalue weighted by atomic mass is 9.47. The molecule has 2 aliphatic carbocycles. The average molecular weight is 505 g/mol. The maximum atomic E-state index is 13.6. The van der Waals surface area contributed by atoms with E-state index in [1.54, 1.807) is 36.4 Å². The van der Waals surface area contributed by atoms with Crippen molar-refractivity contribution in [1.29, 1.82) is 0 Å². The number of aromatic nitrogens is 2. The number of ketones is 1. The lowest BCUT2D eigenvalue weighted by Crippen LogP contribution is -2.50. The van der Waals surface area contributed by atoms with Gasteiger partial charge in [-0.3, -0.25) is 14.3 Å². The summed E-state index contributed by atoms with van der Waals surface area (Å²) in [6.45, 7) is -2.67. The highest BCUT2D eigenvalue weighted by molar-refractivity contribution is 6.36. The van der Waals surface area contributed by atoms with Crippen molar-refractivity contribution in [2.75, 3.05) is 0 Å². The molecular weight excluding hydrogens is 472 g/mol. The molecular formula is C30H27ClN2O3. The topological polar surface area (TPSA) is 72.2 Å². The summed E-state index contributed by atoms with van der Waals surface area (Å²) in [5, 5.41) is 14.0. The monoisotopic (exact) mass is 504 g/mol. The number of carbonyl (C=O) groups is 2. The minimum atomic E-state index is -2.67. The highest BCUT2D eigenvalue weighted by Crippen LogP contribution is 2.62. The zero-order chi connectivity index (χ0) is 30.1. The van der Waals surface area contributed by atoms with Gasteiger partial charge in [-0.05, 0) is 65.8 Å². The summed E-state index contributed by atoms with van der Waals surface area (Å²) in [6.07, 6.45) is 4.35. The Morgan fingerprint density at radius 1 is 1.06 bits per heavy atom. The van der Waals surface area contributed by atoms with Crippen molar-refractivity contribution in [3.8, 4) is 11.1 Å². The van der Waals surface area contributed by atoms with E-state index in [1.807, 2.05) is 0 Å². The smallest absolute Gasteiger partial charge is 0.306 e. The molecule has 36 heavy (non-hydrogen) atoms. The summed E-state index contributed by atoms with van der Waals surface area (Å²) < 4.78 is 53.7. The Morgan fingerprint density at radius 2 is 1.78 bits per heavy atom. The molecule has 0 atom stereocenters. The summed E-state index contributed by atoms with van der Waals surface area (Å²) in [6, 6.07) is 9.75. The second-order valence-corrected chi connectivity index (χ2v) is 10.4. The van der Waals surface area contributed by atoms with Crippen molar-refractivity contribution in [2.24, 2.45) is 17.3 Å². The van der Waals surface area contributed by atoms with Gasteiger partial charge in [-0.15, -0.1) is 0 Å². The van der Waals surface area contributed by atoms with Crippen molar-refractivity contribution in [3.63, 3.8) is 0 Å². The van der Waals surface area contributed by atoms with Gasteiger partial charge in [-0.25, -0.2) is 0 Å². The number of halogens is 1. The molecule has 0 unspecified atom stereocenters. The largest absolute Gasteiger partial charge is 0.481 e. The molecule has 6 rings (SSSR count). The lowest BCUT2D eigenvalue weighted by molar-refractivity contribution is -0.157. The number of fused-ring (bicyclic) bond motifs is 1. The molecule has 0 amide bonds. The van der Waals surface area contributed by atoms with Gasteiger partial charge in [0.15, 0.2) is 5.78 Å². The van der Waals surface area contributed by atoms with Crippen LogP contribution >= 0.6 is 11.6 Å². The first-order valence-corrected chi connectivity index (χ1v) is 12.3. The summed E-state index contributed by atoms with van der Waals surface area (Å²) in [4.78, 5) is 24.8. The second-order valence-electron chi connectivity index (χ2n) is 9.99. The van der Waals surface area contributed by atoms with Gasteiger partial charge in [0.2, 0.25) is 0 Å². The van der Waals surface area contributed by atoms with Crippen LogP contribution in [0.5, 0.6) is 0 Å². The van der Waals surface area contributed by atoms with Gasteiger partial charge in [-0.2, -0.15) is 5.10 Å². The van der Waals surface area contributed by atoms with Gasteiger partial charge in [0.05, 0.1) is 37.4 Å². The molecule has 6 heteroatoms. The highest BCUT2D eigenvalue weighted by atomic mass is 35.5. The van der Waals surface area contributed by atoms with E-state index in [-0.39, 0.29) is 63.2 Å². The Hall–Kier alpha value is -3.44. The van der Waals surface area contributed by atoms with E-state index in [0.717, 1.165) is 17.5 Å².